The van der Waals surface area contributed by atoms with E-state index >= 15 is 0 Å². The second-order valence-electron chi connectivity index (χ2n) is 5.85. The summed E-state index contributed by atoms with van der Waals surface area (Å²) in [6.07, 6.45) is 1.65. The summed E-state index contributed by atoms with van der Waals surface area (Å²) in [6, 6.07) is 8.68. The van der Waals surface area contributed by atoms with Crippen LogP contribution in [0, 0.1) is 13.5 Å². The second kappa shape index (κ2) is 8.68. The lowest BCUT2D eigenvalue weighted by atomic mass is 10.2. The maximum Gasteiger partial charge on any atom is 0.198 e. The van der Waals surface area contributed by atoms with Crippen LogP contribution in [0.2, 0.25) is 5.02 Å². The summed E-state index contributed by atoms with van der Waals surface area (Å²) in [5.41, 5.74) is 2.33. The third kappa shape index (κ3) is 4.13. The lowest BCUT2D eigenvalue weighted by Gasteiger charge is -2.07. The van der Waals surface area contributed by atoms with E-state index < -0.39 is 0 Å². The van der Waals surface area contributed by atoms with Crippen molar-refractivity contribution >= 4 is 62.9 Å². The molecule has 0 radical (unpaired) electrons. The standard InChI is InChI=1S/C19H13ClN6OS.ClH/c1-10-23-11(9-27)8-15(24-10)26-18-17-14(6-7-22-18)25-19(28-17)16-12(20)4-3-5-13(16)21-2;/h3-8,27H,9H2,1H3,(H,22,23,24,26);1H. The molecule has 2 N–H and O–H groups in total. The van der Waals surface area contributed by atoms with Crippen molar-refractivity contribution in [3.8, 4) is 10.6 Å². The van der Waals surface area contributed by atoms with E-state index in [4.69, 9.17) is 18.2 Å². The number of anilines is 2. The van der Waals surface area contributed by atoms with Crippen LogP contribution in [0.1, 0.15) is 11.5 Å². The molecular formula is C19H14Cl2N6OS. The van der Waals surface area contributed by atoms with Crippen molar-refractivity contribution in [2.45, 2.75) is 13.5 Å². The van der Waals surface area contributed by atoms with Crippen molar-refractivity contribution in [2.24, 2.45) is 0 Å². The average Bonchev–Trinajstić information content (AvgIpc) is 3.12. The fourth-order valence-electron chi connectivity index (χ4n) is 2.77. The van der Waals surface area contributed by atoms with E-state index in [2.05, 4.69) is 30.1 Å². The highest BCUT2D eigenvalue weighted by Crippen LogP contribution is 2.42. The summed E-state index contributed by atoms with van der Waals surface area (Å²) in [5, 5.41) is 13.7. The van der Waals surface area contributed by atoms with Gasteiger partial charge in [-0.05, 0) is 19.1 Å². The molecule has 0 spiro atoms. The number of aryl methyl sites for hydroxylation is 1. The van der Waals surface area contributed by atoms with Gasteiger partial charge in [0.2, 0.25) is 0 Å². The molecule has 3 heterocycles. The van der Waals surface area contributed by atoms with E-state index in [9.17, 15) is 5.11 Å². The van der Waals surface area contributed by atoms with Crippen LogP contribution in [0.3, 0.4) is 0 Å². The lowest BCUT2D eigenvalue weighted by Crippen LogP contribution is -2.02. The summed E-state index contributed by atoms with van der Waals surface area (Å²) in [4.78, 5) is 21.1. The van der Waals surface area contributed by atoms with Crippen molar-refractivity contribution in [1.82, 2.24) is 19.9 Å². The van der Waals surface area contributed by atoms with E-state index in [0.29, 0.717) is 44.4 Å². The third-order valence-electron chi connectivity index (χ3n) is 3.93. The molecule has 3 aromatic heterocycles. The topological polar surface area (TPSA) is 88.2 Å². The van der Waals surface area contributed by atoms with Gasteiger partial charge in [-0.2, -0.15) is 0 Å². The molecule has 0 aliphatic carbocycles. The molecule has 0 amide bonds. The lowest BCUT2D eigenvalue weighted by molar-refractivity contribution is 0.276. The Morgan fingerprint density at radius 2 is 2.07 bits per heavy atom. The molecule has 0 saturated heterocycles. The number of rotatable bonds is 4. The van der Waals surface area contributed by atoms with Gasteiger partial charge in [0.25, 0.3) is 0 Å². The predicted molar refractivity (Wildman–Crippen MR) is 117 cm³/mol. The van der Waals surface area contributed by atoms with Crippen molar-refractivity contribution in [3.63, 3.8) is 0 Å². The number of aliphatic hydroxyl groups excluding tert-OH is 1. The van der Waals surface area contributed by atoms with E-state index in [1.54, 1.807) is 43.5 Å². The van der Waals surface area contributed by atoms with Gasteiger partial charge >= 0.3 is 0 Å². The molecule has 7 nitrogen and oxygen atoms in total. The molecule has 4 aromatic rings. The van der Waals surface area contributed by atoms with Gasteiger partial charge in [0.05, 0.1) is 29.1 Å². The molecule has 0 atom stereocenters. The van der Waals surface area contributed by atoms with Crippen LogP contribution < -0.4 is 5.32 Å². The van der Waals surface area contributed by atoms with E-state index in [-0.39, 0.29) is 19.0 Å². The Bertz CT molecular complexity index is 1240. The van der Waals surface area contributed by atoms with Crippen molar-refractivity contribution in [3.05, 3.63) is 64.5 Å². The van der Waals surface area contributed by atoms with Gasteiger partial charge in [0.15, 0.2) is 11.5 Å². The number of aromatic nitrogens is 4. The summed E-state index contributed by atoms with van der Waals surface area (Å²) < 4.78 is 0.815. The van der Waals surface area contributed by atoms with Crippen LogP contribution in [-0.2, 0) is 6.61 Å². The van der Waals surface area contributed by atoms with Crippen LogP contribution in [0.4, 0.5) is 17.3 Å². The monoisotopic (exact) mass is 444 g/mol. The number of benzene rings is 1. The smallest absolute Gasteiger partial charge is 0.198 e. The molecule has 0 fully saturated rings. The maximum atomic E-state index is 9.35. The summed E-state index contributed by atoms with van der Waals surface area (Å²) in [7, 11) is 0. The van der Waals surface area contributed by atoms with Crippen LogP contribution in [0.15, 0.2) is 36.5 Å². The second-order valence-corrected chi connectivity index (χ2v) is 7.25. The number of nitrogens with zero attached hydrogens (tertiary/aromatic N) is 5. The number of hydrogen-bond donors (Lipinski definition) is 2. The largest absolute Gasteiger partial charge is 0.390 e. The van der Waals surface area contributed by atoms with Crippen LogP contribution in [0.25, 0.3) is 25.6 Å². The Morgan fingerprint density at radius 3 is 2.83 bits per heavy atom. The Kier molecular flexibility index (Phi) is 6.25. The van der Waals surface area contributed by atoms with Crippen molar-refractivity contribution < 1.29 is 5.11 Å². The van der Waals surface area contributed by atoms with Crippen LogP contribution >= 0.6 is 35.3 Å². The highest BCUT2D eigenvalue weighted by atomic mass is 35.5. The fourth-order valence-corrected chi connectivity index (χ4v) is 4.15. The number of hydrogen-bond acceptors (Lipinski definition) is 7. The minimum absolute atomic E-state index is 0. The summed E-state index contributed by atoms with van der Waals surface area (Å²) in [6.45, 7) is 8.98. The molecule has 0 aliphatic rings. The van der Waals surface area contributed by atoms with Crippen LogP contribution in [-0.4, -0.2) is 25.0 Å². The summed E-state index contributed by atoms with van der Waals surface area (Å²) >= 11 is 7.74. The quantitative estimate of drug-likeness (QED) is 0.414. The van der Waals surface area contributed by atoms with Crippen molar-refractivity contribution in [2.75, 3.05) is 5.32 Å². The number of aliphatic hydroxyl groups is 1. The van der Waals surface area contributed by atoms with Crippen LogP contribution in [0.5, 0.6) is 0 Å². The zero-order chi connectivity index (χ0) is 19.7. The Hall–Kier alpha value is -2.83. The minimum atomic E-state index is -0.174. The Morgan fingerprint density at radius 1 is 1.24 bits per heavy atom. The molecule has 0 unspecified atom stereocenters. The molecule has 146 valence electrons. The number of nitrogens with one attached hydrogen (secondary N) is 1. The Balaban J connectivity index is 0.00000240. The third-order valence-corrected chi connectivity index (χ3v) is 5.34. The number of thiazole rings is 1. The zero-order valence-electron chi connectivity index (χ0n) is 15.0. The molecule has 0 bridgehead atoms. The maximum absolute atomic E-state index is 9.35. The summed E-state index contributed by atoms with van der Waals surface area (Å²) in [5.74, 6) is 1.66. The van der Waals surface area contributed by atoms with Gasteiger partial charge in [0.1, 0.15) is 16.6 Å². The first-order chi connectivity index (χ1) is 13.6. The van der Waals surface area contributed by atoms with Crippen molar-refractivity contribution in [1.29, 1.82) is 0 Å². The highest BCUT2D eigenvalue weighted by molar-refractivity contribution is 7.22. The molecule has 0 aliphatic heterocycles. The number of pyridine rings is 1. The van der Waals surface area contributed by atoms with Gasteiger partial charge in [0, 0.05) is 22.8 Å². The molecular weight excluding hydrogens is 431 g/mol. The molecule has 0 saturated carbocycles. The zero-order valence-corrected chi connectivity index (χ0v) is 17.4. The first-order valence-electron chi connectivity index (χ1n) is 8.23. The van der Waals surface area contributed by atoms with Gasteiger partial charge in [-0.1, -0.05) is 23.7 Å². The number of halogens is 2. The molecule has 29 heavy (non-hydrogen) atoms. The average molecular weight is 445 g/mol. The molecule has 1 aromatic carbocycles. The fraction of sp³-hybridized carbons (Fsp3) is 0.105. The van der Waals surface area contributed by atoms with Gasteiger partial charge in [-0.25, -0.2) is 24.8 Å². The SMILES string of the molecule is Cl.[C-]#[N+]c1cccc(Cl)c1-c1nc2ccnc(Nc3cc(CO)nc(C)n3)c2s1. The van der Waals surface area contributed by atoms with Gasteiger partial charge in [-0.3, -0.25) is 0 Å². The number of fused-ring (bicyclic) bond motifs is 1. The van der Waals surface area contributed by atoms with E-state index in [1.165, 1.54) is 11.3 Å². The predicted octanol–water partition coefficient (Wildman–Crippen LogP) is 5.32. The molecule has 4 rings (SSSR count). The minimum Gasteiger partial charge on any atom is -0.390 e. The van der Waals surface area contributed by atoms with E-state index in [1.807, 2.05) is 0 Å². The molecule has 10 heteroatoms. The normalized spacial score (nSPS) is 10.4. The first-order valence-corrected chi connectivity index (χ1v) is 9.43. The highest BCUT2D eigenvalue weighted by Gasteiger charge is 2.16. The van der Waals surface area contributed by atoms with Gasteiger partial charge < -0.3 is 10.4 Å². The Labute approximate surface area is 181 Å². The van der Waals surface area contributed by atoms with Gasteiger partial charge in [-0.15, -0.1) is 23.7 Å². The van der Waals surface area contributed by atoms with E-state index in [0.717, 1.165) is 10.2 Å². The first kappa shape index (κ1) is 20.9.